The molecule has 0 aliphatic heterocycles. The molecule has 0 spiro atoms. The standard InChI is InChI=1S/C29H39N3O8/c1-28(2,3)39-25(35)16-22(27(38)40-29(4,5)6)32-24(34)14-10-19-9-13-23(33)21(31-19)12-7-17-15-18(30)8-11-20(17)26(36)37/h8-9,11,13,15,22,33H,7,10,12,14,16,30H2,1-6H3,(H,32,34)(H,36,37). The number of carbonyl (C=O) groups excluding carboxylic acids is 3. The zero-order valence-corrected chi connectivity index (χ0v) is 23.9. The minimum atomic E-state index is -1.23. The molecule has 0 radical (unpaired) electrons. The molecule has 218 valence electrons. The number of hydrogen-bond donors (Lipinski definition) is 4. The molecule has 1 heterocycles. The molecular formula is C29H39N3O8. The summed E-state index contributed by atoms with van der Waals surface area (Å²) in [5, 5.41) is 22.3. The molecule has 2 rings (SSSR count). The summed E-state index contributed by atoms with van der Waals surface area (Å²) in [6, 6.07) is 6.32. The number of aromatic nitrogens is 1. The monoisotopic (exact) mass is 557 g/mol. The highest BCUT2D eigenvalue weighted by molar-refractivity contribution is 5.90. The van der Waals surface area contributed by atoms with Gasteiger partial charge in [-0.3, -0.25) is 14.6 Å². The number of nitrogens with zero attached hydrogens (tertiary/aromatic N) is 1. The summed E-state index contributed by atoms with van der Waals surface area (Å²) in [6.07, 6.45) is 0.266. The lowest BCUT2D eigenvalue weighted by molar-refractivity contribution is -0.165. The number of ether oxygens (including phenoxy) is 2. The second kappa shape index (κ2) is 13.3. The first-order valence-corrected chi connectivity index (χ1v) is 13.0. The molecule has 40 heavy (non-hydrogen) atoms. The number of anilines is 1. The molecular weight excluding hydrogens is 518 g/mol. The largest absolute Gasteiger partial charge is 0.506 e. The van der Waals surface area contributed by atoms with Crippen LogP contribution in [0.15, 0.2) is 30.3 Å². The molecule has 0 bridgehead atoms. The molecule has 11 nitrogen and oxygen atoms in total. The molecule has 5 N–H and O–H groups in total. The Labute approximate surface area is 234 Å². The Balaban J connectivity index is 2.07. The molecule has 0 saturated carbocycles. The van der Waals surface area contributed by atoms with Gasteiger partial charge < -0.3 is 30.7 Å². The number of carboxylic acid groups (broad SMARTS) is 1. The van der Waals surface area contributed by atoms with E-state index in [1.165, 1.54) is 18.2 Å². The van der Waals surface area contributed by atoms with Gasteiger partial charge in [0.2, 0.25) is 5.91 Å². The van der Waals surface area contributed by atoms with E-state index in [-0.39, 0.29) is 43.4 Å². The van der Waals surface area contributed by atoms with Crippen molar-refractivity contribution in [1.82, 2.24) is 10.3 Å². The molecule has 0 aliphatic rings. The molecule has 1 amide bonds. The Morgan fingerprint density at radius 2 is 1.60 bits per heavy atom. The van der Waals surface area contributed by atoms with Crippen molar-refractivity contribution < 1.29 is 38.9 Å². The van der Waals surface area contributed by atoms with Gasteiger partial charge in [-0.2, -0.15) is 0 Å². The van der Waals surface area contributed by atoms with E-state index >= 15 is 0 Å². The van der Waals surface area contributed by atoms with Crippen LogP contribution in [0.2, 0.25) is 0 Å². The lowest BCUT2D eigenvalue weighted by Gasteiger charge is -2.25. The molecule has 1 aromatic heterocycles. The fourth-order valence-electron chi connectivity index (χ4n) is 3.77. The van der Waals surface area contributed by atoms with E-state index in [1.807, 2.05) is 0 Å². The Morgan fingerprint density at radius 3 is 2.20 bits per heavy atom. The second-order valence-corrected chi connectivity index (χ2v) is 11.4. The van der Waals surface area contributed by atoms with E-state index in [2.05, 4.69) is 10.3 Å². The van der Waals surface area contributed by atoms with Crippen molar-refractivity contribution in [1.29, 1.82) is 0 Å². The number of carbonyl (C=O) groups is 4. The van der Waals surface area contributed by atoms with Gasteiger partial charge in [0, 0.05) is 17.8 Å². The Morgan fingerprint density at radius 1 is 0.950 bits per heavy atom. The van der Waals surface area contributed by atoms with Gasteiger partial charge in [0.25, 0.3) is 0 Å². The van der Waals surface area contributed by atoms with Crippen molar-refractivity contribution in [3.63, 3.8) is 0 Å². The average molecular weight is 558 g/mol. The van der Waals surface area contributed by atoms with Crippen LogP contribution in [-0.4, -0.2) is 56.3 Å². The Kier molecular flexibility index (Phi) is 10.6. The van der Waals surface area contributed by atoms with E-state index < -0.39 is 41.1 Å². The number of nitrogen functional groups attached to an aromatic ring is 1. The predicted molar refractivity (Wildman–Crippen MR) is 148 cm³/mol. The number of rotatable bonds is 11. The van der Waals surface area contributed by atoms with Crippen molar-refractivity contribution in [2.24, 2.45) is 0 Å². The van der Waals surface area contributed by atoms with Crippen molar-refractivity contribution in [2.75, 3.05) is 5.73 Å². The SMILES string of the molecule is CC(C)(C)OC(=O)CC(NC(=O)CCc1ccc(O)c(CCc2cc(N)ccc2C(=O)O)n1)C(=O)OC(C)(C)C. The maximum absolute atomic E-state index is 12.7. The third kappa shape index (κ3) is 10.9. The number of aryl methyl sites for hydroxylation is 3. The number of hydrogen-bond acceptors (Lipinski definition) is 9. The van der Waals surface area contributed by atoms with Crippen LogP contribution >= 0.6 is 0 Å². The zero-order valence-electron chi connectivity index (χ0n) is 23.9. The van der Waals surface area contributed by atoms with Crippen molar-refractivity contribution in [3.05, 3.63) is 52.8 Å². The minimum Gasteiger partial charge on any atom is -0.506 e. The quantitative estimate of drug-likeness (QED) is 0.236. The lowest BCUT2D eigenvalue weighted by Crippen LogP contribution is -2.46. The molecule has 2 aromatic rings. The minimum absolute atomic E-state index is 0.0524. The summed E-state index contributed by atoms with van der Waals surface area (Å²) in [7, 11) is 0. The van der Waals surface area contributed by atoms with E-state index in [1.54, 1.807) is 53.7 Å². The van der Waals surface area contributed by atoms with Gasteiger partial charge in [0.05, 0.1) is 17.7 Å². The van der Waals surface area contributed by atoms with Gasteiger partial charge in [-0.1, -0.05) is 0 Å². The Bertz CT molecular complexity index is 1240. The highest BCUT2D eigenvalue weighted by Crippen LogP contribution is 2.21. The predicted octanol–water partition coefficient (Wildman–Crippen LogP) is 3.34. The van der Waals surface area contributed by atoms with Crippen LogP contribution in [0.1, 0.15) is 81.7 Å². The van der Waals surface area contributed by atoms with Crippen molar-refractivity contribution in [2.45, 2.75) is 90.9 Å². The molecule has 11 heteroatoms. The van der Waals surface area contributed by atoms with Gasteiger partial charge in [-0.15, -0.1) is 0 Å². The molecule has 0 saturated heterocycles. The van der Waals surface area contributed by atoms with Crippen LogP contribution in [0.3, 0.4) is 0 Å². The van der Waals surface area contributed by atoms with Crippen LogP contribution in [-0.2, 0) is 43.1 Å². The summed E-state index contributed by atoms with van der Waals surface area (Å²) in [5.74, 6) is -3.04. The van der Waals surface area contributed by atoms with E-state index in [0.717, 1.165) is 0 Å². The van der Waals surface area contributed by atoms with Gasteiger partial charge in [0.15, 0.2) is 0 Å². The summed E-state index contributed by atoms with van der Waals surface area (Å²) < 4.78 is 10.7. The molecule has 0 fully saturated rings. The van der Waals surface area contributed by atoms with E-state index in [0.29, 0.717) is 22.6 Å². The number of aromatic hydroxyl groups is 1. The highest BCUT2D eigenvalue weighted by atomic mass is 16.6. The van der Waals surface area contributed by atoms with Gasteiger partial charge >= 0.3 is 17.9 Å². The van der Waals surface area contributed by atoms with E-state index in [4.69, 9.17) is 15.2 Å². The summed E-state index contributed by atoms with van der Waals surface area (Å²) in [6.45, 7) is 10.1. The number of amides is 1. The summed E-state index contributed by atoms with van der Waals surface area (Å²) in [5.41, 5.74) is 6.13. The van der Waals surface area contributed by atoms with Gasteiger partial charge in [0.1, 0.15) is 23.0 Å². The molecule has 1 unspecified atom stereocenters. The molecule has 1 atom stereocenters. The number of nitrogens with one attached hydrogen (secondary N) is 1. The topological polar surface area (TPSA) is 178 Å². The number of esters is 2. The first kappa shape index (κ1) is 32.1. The van der Waals surface area contributed by atoms with E-state index in [9.17, 15) is 29.4 Å². The number of carboxylic acids is 1. The Hall–Kier alpha value is -4.15. The lowest BCUT2D eigenvalue weighted by atomic mass is 10.0. The zero-order chi connectivity index (χ0) is 30.3. The number of benzene rings is 1. The fourth-order valence-corrected chi connectivity index (χ4v) is 3.77. The smallest absolute Gasteiger partial charge is 0.335 e. The molecule has 1 aromatic carbocycles. The maximum atomic E-state index is 12.7. The van der Waals surface area contributed by atoms with Crippen LogP contribution in [0, 0.1) is 0 Å². The second-order valence-electron chi connectivity index (χ2n) is 11.4. The summed E-state index contributed by atoms with van der Waals surface area (Å²) in [4.78, 5) is 53.8. The van der Waals surface area contributed by atoms with Crippen molar-refractivity contribution in [3.8, 4) is 5.75 Å². The van der Waals surface area contributed by atoms with Gasteiger partial charge in [-0.05, 0) is 96.7 Å². The van der Waals surface area contributed by atoms with Gasteiger partial charge in [-0.25, -0.2) is 9.59 Å². The first-order chi connectivity index (χ1) is 18.4. The third-order valence-corrected chi connectivity index (χ3v) is 5.42. The van der Waals surface area contributed by atoms with Crippen molar-refractivity contribution >= 4 is 29.5 Å². The van der Waals surface area contributed by atoms with Crippen LogP contribution in [0.5, 0.6) is 5.75 Å². The number of nitrogens with two attached hydrogens (primary N) is 1. The highest BCUT2D eigenvalue weighted by Gasteiger charge is 2.30. The first-order valence-electron chi connectivity index (χ1n) is 13.0. The molecule has 0 aliphatic carbocycles. The normalized spacial score (nSPS) is 12.3. The van der Waals surface area contributed by atoms with Crippen LogP contribution in [0.25, 0.3) is 0 Å². The third-order valence-electron chi connectivity index (χ3n) is 5.42. The number of aromatic carboxylic acids is 1. The van der Waals surface area contributed by atoms with Crippen LogP contribution < -0.4 is 11.1 Å². The van der Waals surface area contributed by atoms with Crippen LogP contribution in [0.4, 0.5) is 5.69 Å². The summed E-state index contributed by atoms with van der Waals surface area (Å²) >= 11 is 0. The fraction of sp³-hybridized carbons (Fsp3) is 0.483. The number of pyridine rings is 1. The maximum Gasteiger partial charge on any atom is 0.335 e. The average Bonchev–Trinajstić information content (AvgIpc) is 2.79.